The first-order valence-corrected chi connectivity index (χ1v) is 10.6. The molecule has 2 saturated heterocycles. The number of hydrogen-bond acceptors (Lipinski definition) is 5. The van der Waals surface area contributed by atoms with Crippen LogP contribution in [0, 0.1) is 24.6 Å². The van der Waals surface area contributed by atoms with Crippen LogP contribution < -0.4 is 26.6 Å². The van der Waals surface area contributed by atoms with E-state index in [4.69, 9.17) is 23.2 Å². The molecule has 11 heteroatoms. The van der Waals surface area contributed by atoms with Gasteiger partial charge >= 0.3 is 0 Å². The van der Waals surface area contributed by atoms with Crippen LogP contribution >= 0.6 is 23.2 Å². The van der Waals surface area contributed by atoms with Gasteiger partial charge in [-0.25, -0.2) is 4.39 Å². The summed E-state index contributed by atoms with van der Waals surface area (Å²) in [6, 6.07) is 9.21. The monoisotopic (exact) mass is 479 g/mol. The normalized spacial score (nSPS) is 24.8. The maximum atomic E-state index is 14.2. The molecule has 4 unspecified atom stereocenters. The van der Waals surface area contributed by atoms with E-state index in [1.54, 1.807) is 31.2 Å². The van der Waals surface area contributed by atoms with Crippen molar-refractivity contribution in [3.05, 3.63) is 57.8 Å². The molecule has 0 spiro atoms. The predicted molar refractivity (Wildman–Crippen MR) is 118 cm³/mol. The third-order valence-electron chi connectivity index (χ3n) is 5.34. The van der Waals surface area contributed by atoms with Crippen molar-refractivity contribution in [3.63, 3.8) is 0 Å². The average Bonchev–Trinajstić information content (AvgIpc) is 2.68. The first-order valence-electron chi connectivity index (χ1n) is 9.85. The second kappa shape index (κ2) is 8.93. The number of halogens is 3. The lowest BCUT2D eigenvalue weighted by atomic mass is 9.81. The standard InChI is InChI=1S/C21H20Cl2FN5O3/c1-9-2-3-15(14(24)4-9)26-19(31)13-8-16(30)27-18-17(13)20(32)29-21(28-18)25-12-6-10(22)5-11(23)7-12/h2-7,13,17-18,21,25,28H,8H2,1H3,(H,26,31)(H,27,30)(H,29,32). The number of anilines is 2. The minimum Gasteiger partial charge on any atom is -0.353 e. The van der Waals surface area contributed by atoms with Gasteiger partial charge in [-0.05, 0) is 42.8 Å². The smallest absolute Gasteiger partial charge is 0.229 e. The molecular formula is C21H20Cl2FN5O3. The summed E-state index contributed by atoms with van der Waals surface area (Å²) in [4.78, 5) is 38.1. The molecule has 2 fully saturated rings. The van der Waals surface area contributed by atoms with Gasteiger partial charge in [-0.3, -0.25) is 19.7 Å². The van der Waals surface area contributed by atoms with E-state index in [0.29, 0.717) is 21.3 Å². The molecule has 4 rings (SSSR count). The van der Waals surface area contributed by atoms with Crippen molar-refractivity contribution >= 4 is 52.3 Å². The van der Waals surface area contributed by atoms with Gasteiger partial charge in [0.1, 0.15) is 5.82 Å². The van der Waals surface area contributed by atoms with Crippen LogP contribution in [0.2, 0.25) is 10.0 Å². The number of rotatable bonds is 4. The molecule has 5 N–H and O–H groups in total. The van der Waals surface area contributed by atoms with Crippen LogP contribution in [0.15, 0.2) is 36.4 Å². The SMILES string of the molecule is Cc1ccc(NC(=O)C2CC(=O)NC3NC(Nc4cc(Cl)cc(Cl)c4)NC(=O)C32)c(F)c1. The maximum absolute atomic E-state index is 14.2. The predicted octanol–water partition coefficient (Wildman–Crippen LogP) is 2.57. The van der Waals surface area contributed by atoms with Gasteiger partial charge in [0.2, 0.25) is 17.7 Å². The molecule has 0 bridgehead atoms. The van der Waals surface area contributed by atoms with Crippen LogP contribution in [0.4, 0.5) is 15.8 Å². The number of benzene rings is 2. The fourth-order valence-electron chi connectivity index (χ4n) is 3.90. The first-order chi connectivity index (χ1) is 15.2. The van der Waals surface area contributed by atoms with Gasteiger partial charge in [-0.2, -0.15) is 0 Å². The highest BCUT2D eigenvalue weighted by atomic mass is 35.5. The number of piperidine rings is 1. The van der Waals surface area contributed by atoms with E-state index in [-0.39, 0.29) is 12.1 Å². The lowest BCUT2D eigenvalue weighted by Gasteiger charge is -2.43. The molecule has 168 valence electrons. The highest BCUT2D eigenvalue weighted by molar-refractivity contribution is 6.35. The first kappa shape index (κ1) is 22.3. The van der Waals surface area contributed by atoms with E-state index in [2.05, 4.69) is 26.6 Å². The van der Waals surface area contributed by atoms with Gasteiger partial charge in [0.05, 0.1) is 23.7 Å². The summed E-state index contributed by atoms with van der Waals surface area (Å²) in [5.74, 6) is -3.91. The molecule has 32 heavy (non-hydrogen) atoms. The minimum atomic E-state index is -0.983. The molecule has 0 aromatic heterocycles. The fraction of sp³-hybridized carbons (Fsp3) is 0.286. The molecule has 2 aromatic carbocycles. The van der Waals surface area contributed by atoms with Crippen LogP contribution in [0.25, 0.3) is 0 Å². The maximum Gasteiger partial charge on any atom is 0.229 e. The molecule has 8 nitrogen and oxygen atoms in total. The van der Waals surface area contributed by atoms with E-state index >= 15 is 0 Å². The number of aryl methyl sites for hydroxylation is 1. The zero-order valence-corrected chi connectivity index (χ0v) is 18.4. The molecule has 0 saturated carbocycles. The lowest BCUT2D eigenvalue weighted by Crippen LogP contribution is -2.72. The Balaban J connectivity index is 1.50. The number of fused-ring (bicyclic) bond motifs is 1. The molecule has 4 atom stereocenters. The lowest BCUT2D eigenvalue weighted by molar-refractivity contribution is -0.144. The summed E-state index contributed by atoms with van der Waals surface area (Å²) in [5, 5.41) is 14.8. The zero-order chi connectivity index (χ0) is 23.0. The van der Waals surface area contributed by atoms with Crippen molar-refractivity contribution in [2.24, 2.45) is 11.8 Å². The van der Waals surface area contributed by atoms with Crippen molar-refractivity contribution in [1.29, 1.82) is 0 Å². The molecule has 0 aliphatic carbocycles. The Labute approximate surface area is 193 Å². The number of nitrogens with one attached hydrogen (secondary N) is 5. The Morgan fingerprint density at radius 3 is 2.50 bits per heavy atom. The summed E-state index contributed by atoms with van der Waals surface area (Å²) in [7, 11) is 0. The number of hydrogen-bond donors (Lipinski definition) is 5. The van der Waals surface area contributed by atoms with Crippen LogP contribution in [0.1, 0.15) is 12.0 Å². The number of amides is 3. The van der Waals surface area contributed by atoms with E-state index < -0.39 is 47.8 Å². The number of carbonyl (C=O) groups is 3. The molecule has 2 aliphatic heterocycles. The minimum absolute atomic E-state index is 0.00955. The largest absolute Gasteiger partial charge is 0.353 e. The van der Waals surface area contributed by atoms with Gasteiger partial charge in [-0.1, -0.05) is 29.3 Å². The van der Waals surface area contributed by atoms with Gasteiger partial charge in [-0.15, -0.1) is 0 Å². The van der Waals surface area contributed by atoms with Gasteiger partial charge < -0.3 is 21.3 Å². The van der Waals surface area contributed by atoms with Crippen molar-refractivity contribution in [3.8, 4) is 0 Å². The zero-order valence-electron chi connectivity index (χ0n) is 16.8. The molecule has 3 amide bonds. The highest BCUT2D eigenvalue weighted by Gasteiger charge is 2.48. The van der Waals surface area contributed by atoms with Gasteiger partial charge in [0, 0.05) is 22.2 Å². The Hall–Kier alpha value is -2.88. The Kier molecular flexibility index (Phi) is 6.23. The summed E-state index contributed by atoms with van der Waals surface area (Å²) in [6.07, 6.45) is -1.76. The Morgan fingerprint density at radius 1 is 1.09 bits per heavy atom. The third-order valence-corrected chi connectivity index (χ3v) is 5.78. The van der Waals surface area contributed by atoms with E-state index in [0.717, 1.165) is 0 Å². The summed E-state index contributed by atoms with van der Waals surface area (Å²) < 4.78 is 14.2. The molecule has 2 aliphatic rings. The van der Waals surface area contributed by atoms with Gasteiger partial charge in [0.15, 0.2) is 6.29 Å². The van der Waals surface area contributed by atoms with Gasteiger partial charge in [0.25, 0.3) is 0 Å². The average molecular weight is 480 g/mol. The fourth-order valence-corrected chi connectivity index (χ4v) is 4.43. The van der Waals surface area contributed by atoms with E-state index in [1.165, 1.54) is 12.1 Å². The topological polar surface area (TPSA) is 111 Å². The Bertz CT molecular complexity index is 1080. The third kappa shape index (κ3) is 4.79. The van der Waals surface area contributed by atoms with Crippen molar-refractivity contribution in [2.45, 2.75) is 25.8 Å². The molecule has 2 aromatic rings. The number of carbonyl (C=O) groups excluding carboxylic acids is 3. The quantitative estimate of drug-likeness (QED) is 0.462. The highest BCUT2D eigenvalue weighted by Crippen LogP contribution is 2.29. The Morgan fingerprint density at radius 2 is 1.81 bits per heavy atom. The van der Waals surface area contributed by atoms with Crippen molar-refractivity contribution in [2.75, 3.05) is 10.6 Å². The summed E-state index contributed by atoms with van der Waals surface area (Å²) in [5.41, 5.74) is 1.24. The van der Waals surface area contributed by atoms with E-state index in [1.807, 2.05) is 0 Å². The van der Waals surface area contributed by atoms with Crippen molar-refractivity contribution in [1.82, 2.24) is 16.0 Å². The summed E-state index contributed by atoms with van der Waals surface area (Å²) >= 11 is 12.0. The van der Waals surface area contributed by atoms with Crippen LogP contribution in [0.3, 0.4) is 0 Å². The van der Waals surface area contributed by atoms with Crippen LogP contribution in [-0.2, 0) is 14.4 Å². The van der Waals surface area contributed by atoms with Crippen molar-refractivity contribution < 1.29 is 18.8 Å². The molecule has 2 heterocycles. The second-order valence-corrected chi connectivity index (χ2v) is 8.64. The van der Waals surface area contributed by atoms with Crippen LogP contribution in [0.5, 0.6) is 0 Å². The second-order valence-electron chi connectivity index (χ2n) is 7.76. The van der Waals surface area contributed by atoms with E-state index in [9.17, 15) is 18.8 Å². The molecule has 0 radical (unpaired) electrons. The molecular weight excluding hydrogens is 460 g/mol. The van der Waals surface area contributed by atoms with Crippen LogP contribution in [-0.4, -0.2) is 30.2 Å². The summed E-state index contributed by atoms with van der Waals surface area (Å²) in [6.45, 7) is 1.73.